The molecule has 0 amide bonds. The maximum atomic E-state index is 5.58. The van der Waals surface area contributed by atoms with E-state index in [9.17, 15) is 0 Å². The van der Waals surface area contributed by atoms with Gasteiger partial charge >= 0.3 is 0 Å². The smallest absolute Gasteiger partial charge is 0.156 e. The highest BCUT2D eigenvalue weighted by molar-refractivity contribution is 7.99. The third kappa shape index (κ3) is 2.66. The summed E-state index contributed by atoms with van der Waals surface area (Å²) < 4.78 is 5.58. The number of thioether (sulfide) groups is 1. The summed E-state index contributed by atoms with van der Waals surface area (Å²) in [5.41, 5.74) is 0. The second-order valence-corrected chi connectivity index (χ2v) is 4.53. The van der Waals surface area contributed by atoms with Crippen LogP contribution >= 0.6 is 11.8 Å². The van der Waals surface area contributed by atoms with Crippen molar-refractivity contribution in [1.29, 1.82) is 0 Å². The number of aromatic nitrogens is 2. The molecule has 0 saturated carbocycles. The Labute approximate surface area is 82.2 Å². The van der Waals surface area contributed by atoms with Crippen LogP contribution in [0.1, 0.15) is 12.8 Å². The van der Waals surface area contributed by atoms with Gasteiger partial charge in [-0.1, -0.05) is 0 Å². The van der Waals surface area contributed by atoms with E-state index in [4.69, 9.17) is 4.74 Å². The van der Waals surface area contributed by atoms with Crippen LogP contribution in [0.15, 0.2) is 12.4 Å². The average Bonchev–Trinajstić information content (AvgIpc) is 2.69. The minimum atomic E-state index is 0.746. The molecular weight excluding hydrogens is 184 g/mol. The molecule has 0 aromatic carbocycles. The Morgan fingerprint density at radius 2 is 2.38 bits per heavy atom. The lowest BCUT2D eigenvalue weighted by molar-refractivity contribution is 0.240. The van der Waals surface area contributed by atoms with Crippen molar-refractivity contribution >= 4 is 11.8 Å². The molecule has 0 bridgehead atoms. The summed E-state index contributed by atoms with van der Waals surface area (Å²) >= 11 is 2.05. The van der Waals surface area contributed by atoms with Crippen LogP contribution in [0.2, 0.25) is 0 Å². The van der Waals surface area contributed by atoms with Gasteiger partial charge in [0, 0.05) is 0 Å². The SMILES string of the molecule is c1n[nH]cc1OCC1CCSCC1. The van der Waals surface area contributed by atoms with E-state index in [1.54, 1.807) is 12.4 Å². The van der Waals surface area contributed by atoms with Gasteiger partial charge in [-0.05, 0) is 30.3 Å². The summed E-state index contributed by atoms with van der Waals surface area (Å²) in [6.45, 7) is 0.847. The summed E-state index contributed by atoms with van der Waals surface area (Å²) in [5.74, 6) is 4.19. The summed E-state index contributed by atoms with van der Waals surface area (Å²) in [6.07, 6.45) is 6.10. The zero-order chi connectivity index (χ0) is 8.93. The molecule has 0 radical (unpaired) electrons. The van der Waals surface area contributed by atoms with E-state index < -0.39 is 0 Å². The molecule has 1 N–H and O–H groups in total. The quantitative estimate of drug-likeness (QED) is 0.806. The highest BCUT2D eigenvalue weighted by atomic mass is 32.2. The van der Waals surface area contributed by atoms with Gasteiger partial charge in [-0.25, -0.2) is 0 Å². The van der Waals surface area contributed by atoms with Gasteiger partial charge in [0.05, 0.1) is 19.0 Å². The minimum Gasteiger partial charge on any atom is -0.490 e. The van der Waals surface area contributed by atoms with Gasteiger partial charge in [0.1, 0.15) is 0 Å². The van der Waals surface area contributed by atoms with Gasteiger partial charge in [-0.3, -0.25) is 5.10 Å². The van der Waals surface area contributed by atoms with Crippen LogP contribution in [-0.2, 0) is 0 Å². The van der Waals surface area contributed by atoms with Crippen molar-refractivity contribution < 1.29 is 4.74 Å². The molecule has 1 aromatic rings. The Hall–Kier alpha value is -0.640. The fourth-order valence-corrected chi connectivity index (χ4v) is 2.65. The lowest BCUT2D eigenvalue weighted by Crippen LogP contribution is -2.17. The van der Waals surface area contributed by atoms with Crippen LogP contribution in [0.4, 0.5) is 0 Å². The van der Waals surface area contributed by atoms with E-state index >= 15 is 0 Å². The van der Waals surface area contributed by atoms with Crippen molar-refractivity contribution in [2.45, 2.75) is 12.8 Å². The van der Waals surface area contributed by atoms with Crippen LogP contribution in [-0.4, -0.2) is 28.3 Å². The molecule has 0 atom stereocenters. The second-order valence-electron chi connectivity index (χ2n) is 3.30. The Morgan fingerprint density at radius 1 is 1.54 bits per heavy atom. The Morgan fingerprint density at radius 3 is 3.08 bits per heavy atom. The monoisotopic (exact) mass is 198 g/mol. The molecule has 0 unspecified atom stereocenters. The van der Waals surface area contributed by atoms with Gasteiger partial charge in [-0.15, -0.1) is 0 Å². The van der Waals surface area contributed by atoms with Crippen molar-refractivity contribution in [3.05, 3.63) is 12.4 Å². The van der Waals surface area contributed by atoms with Crippen LogP contribution in [0, 0.1) is 5.92 Å². The number of nitrogens with zero attached hydrogens (tertiary/aromatic N) is 1. The first kappa shape index (κ1) is 8.94. The number of hydrogen-bond acceptors (Lipinski definition) is 3. The van der Waals surface area contributed by atoms with E-state index in [0.29, 0.717) is 0 Å². The van der Waals surface area contributed by atoms with E-state index in [1.165, 1.54) is 24.3 Å². The predicted molar refractivity (Wildman–Crippen MR) is 54.1 cm³/mol. The van der Waals surface area contributed by atoms with Crippen LogP contribution in [0.3, 0.4) is 0 Å². The lowest BCUT2D eigenvalue weighted by Gasteiger charge is -2.20. The molecule has 1 aliphatic rings. The molecule has 13 heavy (non-hydrogen) atoms. The number of ether oxygens (including phenoxy) is 1. The average molecular weight is 198 g/mol. The maximum absolute atomic E-state index is 5.58. The summed E-state index contributed by atoms with van der Waals surface area (Å²) in [5, 5.41) is 6.57. The van der Waals surface area contributed by atoms with Gasteiger partial charge < -0.3 is 4.74 Å². The van der Waals surface area contributed by atoms with Crippen LogP contribution in [0.25, 0.3) is 0 Å². The molecule has 1 aromatic heterocycles. The third-order valence-electron chi connectivity index (χ3n) is 2.30. The van der Waals surface area contributed by atoms with Crippen molar-refractivity contribution in [3.8, 4) is 5.75 Å². The minimum absolute atomic E-state index is 0.746. The predicted octanol–water partition coefficient (Wildman–Crippen LogP) is 1.93. The number of aromatic amines is 1. The first-order valence-electron chi connectivity index (χ1n) is 4.64. The zero-order valence-electron chi connectivity index (χ0n) is 7.53. The third-order valence-corrected chi connectivity index (χ3v) is 3.35. The van der Waals surface area contributed by atoms with Gasteiger partial charge in [0.25, 0.3) is 0 Å². The first-order valence-corrected chi connectivity index (χ1v) is 5.80. The van der Waals surface area contributed by atoms with E-state index in [1.807, 2.05) is 11.8 Å². The lowest BCUT2D eigenvalue weighted by atomic mass is 10.0. The number of rotatable bonds is 3. The van der Waals surface area contributed by atoms with Crippen LogP contribution in [0.5, 0.6) is 5.75 Å². The molecule has 1 aliphatic heterocycles. The molecule has 1 fully saturated rings. The summed E-state index contributed by atoms with van der Waals surface area (Å²) in [6, 6.07) is 0. The Balaban J connectivity index is 1.72. The van der Waals surface area contributed by atoms with Gasteiger partial charge in [-0.2, -0.15) is 16.9 Å². The number of H-pyrrole nitrogens is 1. The molecule has 0 spiro atoms. The largest absolute Gasteiger partial charge is 0.490 e. The number of nitrogens with one attached hydrogen (secondary N) is 1. The molecule has 2 rings (SSSR count). The second kappa shape index (κ2) is 4.56. The standard InChI is InChI=1S/C9H14N2OS/c1-3-13-4-2-8(1)7-12-9-5-10-11-6-9/h5-6,8H,1-4,7H2,(H,10,11). The molecule has 0 aliphatic carbocycles. The fourth-order valence-electron chi connectivity index (χ4n) is 1.45. The molecule has 3 nitrogen and oxygen atoms in total. The molecule has 1 saturated heterocycles. The Bertz CT molecular complexity index is 232. The summed E-state index contributed by atoms with van der Waals surface area (Å²) in [7, 11) is 0. The first-order chi connectivity index (χ1) is 6.45. The van der Waals surface area contributed by atoms with Crippen molar-refractivity contribution in [1.82, 2.24) is 10.2 Å². The Kier molecular flexibility index (Phi) is 3.13. The van der Waals surface area contributed by atoms with Gasteiger partial charge in [0.15, 0.2) is 5.75 Å². The van der Waals surface area contributed by atoms with Crippen molar-refractivity contribution in [2.75, 3.05) is 18.1 Å². The van der Waals surface area contributed by atoms with E-state index in [0.717, 1.165) is 18.3 Å². The molecule has 72 valence electrons. The van der Waals surface area contributed by atoms with E-state index in [-0.39, 0.29) is 0 Å². The topological polar surface area (TPSA) is 37.9 Å². The summed E-state index contributed by atoms with van der Waals surface area (Å²) in [4.78, 5) is 0. The molecular formula is C9H14N2OS. The molecule has 4 heteroatoms. The van der Waals surface area contributed by atoms with Gasteiger partial charge in [0.2, 0.25) is 0 Å². The highest BCUT2D eigenvalue weighted by Gasteiger charge is 2.14. The zero-order valence-corrected chi connectivity index (χ0v) is 8.35. The van der Waals surface area contributed by atoms with Crippen LogP contribution < -0.4 is 4.74 Å². The van der Waals surface area contributed by atoms with E-state index in [2.05, 4.69) is 10.2 Å². The maximum Gasteiger partial charge on any atom is 0.156 e. The fraction of sp³-hybridized carbons (Fsp3) is 0.667. The number of hydrogen-bond donors (Lipinski definition) is 1. The normalized spacial score (nSPS) is 18.8. The highest BCUT2D eigenvalue weighted by Crippen LogP contribution is 2.23. The molecule has 2 heterocycles. The van der Waals surface area contributed by atoms with Crippen molar-refractivity contribution in [2.24, 2.45) is 5.92 Å². The van der Waals surface area contributed by atoms with Crippen molar-refractivity contribution in [3.63, 3.8) is 0 Å².